The van der Waals surface area contributed by atoms with Crippen molar-refractivity contribution >= 4 is 5.97 Å². The molecule has 0 aromatic heterocycles. The summed E-state index contributed by atoms with van der Waals surface area (Å²) >= 11 is 0. The third-order valence-corrected chi connectivity index (χ3v) is 2.17. The number of methoxy groups -OCH3 is 2. The van der Waals surface area contributed by atoms with Crippen LogP contribution >= 0.6 is 0 Å². The molecule has 0 bridgehead atoms. The van der Waals surface area contributed by atoms with Gasteiger partial charge in [0.15, 0.2) is 11.5 Å². The maximum Gasteiger partial charge on any atom is 0.308 e. The van der Waals surface area contributed by atoms with Crippen LogP contribution in [-0.2, 0) is 11.2 Å². The van der Waals surface area contributed by atoms with E-state index in [1.54, 1.807) is 0 Å². The summed E-state index contributed by atoms with van der Waals surface area (Å²) < 4.78 is 15.4. The van der Waals surface area contributed by atoms with Crippen molar-refractivity contribution < 1.29 is 19.0 Å². The first-order valence-electron chi connectivity index (χ1n) is 5.05. The minimum absolute atomic E-state index is 0.328. The second-order valence-electron chi connectivity index (χ2n) is 3.28. The van der Waals surface area contributed by atoms with Crippen LogP contribution in [0.4, 0.5) is 0 Å². The zero-order valence-electron chi connectivity index (χ0n) is 9.99. The van der Waals surface area contributed by atoms with Gasteiger partial charge in [-0.15, -0.1) is 0 Å². The first-order chi connectivity index (χ1) is 7.62. The van der Waals surface area contributed by atoms with Gasteiger partial charge in [0.25, 0.3) is 0 Å². The van der Waals surface area contributed by atoms with Crippen molar-refractivity contribution in [3.8, 4) is 17.2 Å². The van der Waals surface area contributed by atoms with E-state index in [-0.39, 0.29) is 0 Å². The van der Waals surface area contributed by atoms with Gasteiger partial charge in [-0.2, -0.15) is 0 Å². The Morgan fingerprint density at radius 1 is 1.19 bits per heavy atom. The summed E-state index contributed by atoms with van der Waals surface area (Å²) in [5.74, 6) is 0.938. The van der Waals surface area contributed by atoms with Crippen LogP contribution < -0.4 is 14.2 Å². The summed E-state index contributed by atoms with van der Waals surface area (Å²) in [6.45, 7) is 3.37. The second-order valence-corrected chi connectivity index (χ2v) is 3.28. The van der Waals surface area contributed by atoms with Crippen molar-refractivity contribution in [2.75, 3.05) is 14.2 Å². The number of aryl methyl sites for hydroxylation is 1. The van der Waals surface area contributed by atoms with Gasteiger partial charge in [0.2, 0.25) is 5.75 Å². The normalized spacial score (nSPS) is 9.75. The summed E-state index contributed by atoms with van der Waals surface area (Å²) in [5.41, 5.74) is 1.06. The van der Waals surface area contributed by atoms with Crippen LogP contribution in [0.5, 0.6) is 17.2 Å². The number of esters is 1. The molecular formula is C12H16O4. The van der Waals surface area contributed by atoms with Gasteiger partial charge in [-0.25, -0.2) is 0 Å². The van der Waals surface area contributed by atoms with E-state index in [9.17, 15) is 4.79 Å². The smallest absolute Gasteiger partial charge is 0.308 e. The van der Waals surface area contributed by atoms with Crippen molar-refractivity contribution in [3.05, 3.63) is 17.7 Å². The highest BCUT2D eigenvalue weighted by Crippen LogP contribution is 2.38. The molecule has 1 aromatic rings. The maximum absolute atomic E-state index is 11.0. The molecule has 0 heterocycles. The fraction of sp³-hybridized carbons (Fsp3) is 0.417. The molecule has 0 amide bonds. The lowest BCUT2D eigenvalue weighted by molar-refractivity contribution is -0.132. The molecule has 0 atom stereocenters. The van der Waals surface area contributed by atoms with E-state index in [4.69, 9.17) is 14.2 Å². The molecule has 1 aromatic carbocycles. The van der Waals surface area contributed by atoms with Crippen molar-refractivity contribution in [3.63, 3.8) is 0 Å². The van der Waals surface area contributed by atoms with Crippen LogP contribution in [0.25, 0.3) is 0 Å². The predicted molar refractivity (Wildman–Crippen MR) is 60.2 cm³/mol. The van der Waals surface area contributed by atoms with Gasteiger partial charge in [-0.3, -0.25) is 4.79 Å². The SMILES string of the molecule is CCc1cc(OC)c(OC(C)=O)c(OC)c1. The predicted octanol–water partition coefficient (Wildman–Crippen LogP) is 2.19. The van der Waals surface area contributed by atoms with Gasteiger partial charge >= 0.3 is 5.97 Å². The molecule has 0 fully saturated rings. The molecule has 0 aliphatic heterocycles. The lowest BCUT2D eigenvalue weighted by Crippen LogP contribution is -2.05. The molecule has 0 aliphatic rings. The maximum atomic E-state index is 11.0. The molecule has 1 rings (SSSR count). The quantitative estimate of drug-likeness (QED) is 0.581. The van der Waals surface area contributed by atoms with Gasteiger partial charge in [0, 0.05) is 6.92 Å². The van der Waals surface area contributed by atoms with E-state index in [1.807, 2.05) is 19.1 Å². The summed E-state index contributed by atoms with van der Waals surface area (Å²) in [5, 5.41) is 0. The molecule has 0 N–H and O–H groups in total. The molecule has 0 saturated carbocycles. The molecule has 0 aliphatic carbocycles. The zero-order chi connectivity index (χ0) is 12.1. The molecule has 4 nitrogen and oxygen atoms in total. The summed E-state index contributed by atoms with van der Waals surface area (Å²) in [6, 6.07) is 3.67. The van der Waals surface area contributed by atoms with Gasteiger partial charge in [-0.05, 0) is 24.1 Å². The molecule has 0 saturated heterocycles. The van der Waals surface area contributed by atoms with Crippen LogP contribution in [0.3, 0.4) is 0 Å². The monoisotopic (exact) mass is 224 g/mol. The van der Waals surface area contributed by atoms with Crippen LogP contribution in [0, 0.1) is 0 Å². The molecular weight excluding hydrogens is 208 g/mol. The lowest BCUT2D eigenvalue weighted by Gasteiger charge is -2.13. The average Bonchev–Trinajstić information content (AvgIpc) is 2.28. The molecule has 0 spiro atoms. The fourth-order valence-corrected chi connectivity index (χ4v) is 1.38. The van der Waals surface area contributed by atoms with Crippen LogP contribution in [0.2, 0.25) is 0 Å². The minimum atomic E-state index is -0.402. The number of carbonyl (C=O) groups excluding carboxylic acids is 1. The van der Waals surface area contributed by atoms with Crippen LogP contribution in [0.15, 0.2) is 12.1 Å². The molecule has 0 radical (unpaired) electrons. The number of hydrogen-bond acceptors (Lipinski definition) is 4. The fourth-order valence-electron chi connectivity index (χ4n) is 1.38. The standard InChI is InChI=1S/C12H16O4/c1-5-9-6-10(14-3)12(16-8(2)13)11(7-9)15-4/h6-7H,5H2,1-4H3. The average molecular weight is 224 g/mol. The first kappa shape index (κ1) is 12.4. The van der Waals surface area contributed by atoms with E-state index < -0.39 is 5.97 Å². The Morgan fingerprint density at radius 2 is 1.69 bits per heavy atom. The highest BCUT2D eigenvalue weighted by Gasteiger charge is 2.15. The van der Waals surface area contributed by atoms with Gasteiger partial charge in [-0.1, -0.05) is 6.92 Å². The first-order valence-corrected chi connectivity index (χ1v) is 5.05. The van der Waals surface area contributed by atoms with Crippen molar-refractivity contribution in [1.29, 1.82) is 0 Å². The van der Waals surface area contributed by atoms with Crippen LogP contribution in [0.1, 0.15) is 19.4 Å². The molecule has 16 heavy (non-hydrogen) atoms. The van der Waals surface area contributed by atoms with Crippen molar-refractivity contribution in [2.45, 2.75) is 20.3 Å². The topological polar surface area (TPSA) is 44.8 Å². The Bertz CT molecular complexity index is 360. The number of rotatable bonds is 4. The third kappa shape index (κ3) is 2.66. The third-order valence-electron chi connectivity index (χ3n) is 2.17. The molecule has 0 unspecified atom stereocenters. The second kappa shape index (κ2) is 5.39. The summed E-state index contributed by atoms with van der Waals surface area (Å²) in [7, 11) is 3.06. The number of ether oxygens (including phenoxy) is 3. The van der Waals surface area contributed by atoms with Gasteiger partial charge in [0.05, 0.1) is 14.2 Å². The molecule has 88 valence electrons. The lowest BCUT2D eigenvalue weighted by atomic mass is 10.1. The van der Waals surface area contributed by atoms with Crippen molar-refractivity contribution in [1.82, 2.24) is 0 Å². The zero-order valence-corrected chi connectivity index (χ0v) is 9.99. The van der Waals surface area contributed by atoms with Crippen molar-refractivity contribution in [2.24, 2.45) is 0 Å². The van der Waals surface area contributed by atoms with Gasteiger partial charge < -0.3 is 14.2 Å². The van der Waals surface area contributed by atoms with E-state index in [0.717, 1.165) is 12.0 Å². The number of hydrogen-bond donors (Lipinski definition) is 0. The largest absolute Gasteiger partial charge is 0.493 e. The summed E-state index contributed by atoms with van der Waals surface area (Å²) in [4.78, 5) is 11.0. The Morgan fingerprint density at radius 3 is 2.00 bits per heavy atom. The Hall–Kier alpha value is -1.71. The minimum Gasteiger partial charge on any atom is -0.493 e. The Kier molecular flexibility index (Phi) is 4.17. The van der Waals surface area contributed by atoms with E-state index >= 15 is 0 Å². The van der Waals surface area contributed by atoms with E-state index in [2.05, 4.69) is 0 Å². The summed E-state index contributed by atoms with van der Waals surface area (Å²) in [6.07, 6.45) is 0.854. The number of benzene rings is 1. The van der Waals surface area contributed by atoms with Gasteiger partial charge in [0.1, 0.15) is 0 Å². The van der Waals surface area contributed by atoms with E-state index in [0.29, 0.717) is 17.2 Å². The van der Waals surface area contributed by atoms with E-state index in [1.165, 1.54) is 21.1 Å². The Balaban J connectivity index is 3.25. The van der Waals surface area contributed by atoms with Crippen LogP contribution in [-0.4, -0.2) is 20.2 Å². The number of carbonyl (C=O) groups is 1. The Labute approximate surface area is 95.1 Å². The highest BCUT2D eigenvalue weighted by molar-refractivity contribution is 5.72. The highest BCUT2D eigenvalue weighted by atomic mass is 16.6. The molecule has 4 heteroatoms.